The Morgan fingerprint density at radius 3 is 2.43 bits per heavy atom. The van der Waals surface area contributed by atoms with Crippen LogP contribution in [0.1, 0.15) is 70.4 Å². The predicted octanol–water partition coefficient (Wildman–Crippen LogP) is 6.07. The number of benzene rings is 1. The van der Waals surface area contributed by atoms with Crippen molar-refractivity contribution >= 4 is 0 Å². The molecule has 2 rings (SSSR count). The van der Waals surface area contributed by atoms with E-state index in [4.69, 9.17) is 4.74 Å². The summed E-state index contributed by atoms with van der Waals surface area (Å²) in [5.74, 6) is -0.0564. The lowest BCUT2D eigenvalue weighted by Crippen LogP contribution is -2.13. The topological polar surface area (TPSA) is 9.23 Å². The van der Waals surface area contributed by atoms with Gasteiger partial charge in [0.15, 0.2) is 11.6 Å². The van der Waals surface area contributed by atoms with Crippen molar-refractivity contribution in [3.8, 4) is 5.75 Å². The molecule has 1 heterocycles. The van der Waals surface area contributed by atoms with Crippen LogP contribution in [0.3, 0.4) is 0 Å². The third-order valence-electron chi connectivity index (χ3n) is 4.99. The smallest absolute Gasteiger partial charge is 0.201 e. The molecule has 0 fully saturated rings. The number of ether oxygens (including phenoxy) is 1. The summed E-state index contributed by atoms with van der Waals surface area (Å²) < 4.78 is 33.6. The van der Waals surface area contributed by atoms with E-state index in [0.717, 1.165) is 30.7 Å². The van der Waals surface area contributed by atoms with Crippen LogP contribution in [0.5, 0.6) is 5.75 Å². The van der Waals surface area contributed by atoms with Gasteiger partial charge in [0.2, 0.25) is 5.82 Å². The Hall–Kier alpha value is -1.12. The van der Waals surface area contributed by atoms with Gasteiger partial charge in [-0.3, -0.25) is 0 Å². The summed E-state index contributed by atoms with van der Waals surface area (Å²) in [7, 11) is 0. The van der Waals surface area contributed by atoms with E-state index < -0.39 is 11.6 Å². The fraction of sp³-hybridized carbons (Fsp3) is 0.700. The molecule has 23 heavy (non-hydrogen) atoms. The largest absolute Gasteiger partial charge is 0.490 e. The van der Waals surface area contributed by atoms with Crippen LogP contribution in [0.25, 0.3) is 0 Å². The highest BCUT2D eigenvalue weighted by Gasteiger charge is 2.22. The predicted molar refractivity (Wildman–Crippen MR) is 91.0 cm³/mol. The van der Waals surface area contributed by atoms with E-state index in [1.165, 1.54) is 25.7 Å². The maximum Gasteiger partial charge on any atom is 0.201 e. The highest BCUT2D eigenvalue weighted by Crippen LogP contribution is 2.32. The first kappa shape index (κ1) is 18.2. The molecule has 1 aromatic carbocycles. The van der Waals surface area contributed by atoms with Crippen molar-refractivity contribution in [1.29, 1.82) is 0 Å². The quantitative estimate of drug-likeness (QED) is 0.563. The molecule has 1 aliphatic rings. The summed E-state index contributed by atoms with van der Waals surface area (Å²) in [6.45, 7) is 7.22. The van der Waals surface area contributed by atoms with Crippen LogP contribution in [-0.2, 0) is 12.8 Å². The van der Waals surface area contributed by atoms with E-state index in [0.29, 0.717) is 24.5 Å². The third kappa shape index (κ3) is 4.92. The fourth-order valence-corrected chi connectivity index (χ4v) is 3.43. The van der Waals surface area contributed by atoms with E-state index in [-0.39, 0.29) is 5.75 Å². The molecule has 0 aromatic heterocycles. The number of fused-ring (bicyclic) bond motifs is 1. The van der Waals surface area contributed by atoms with Crippen LogP contribution in [0.15, 0.2) is 6.07 Å². The second-order valence-corrected chi connectivity index (χ2v) is 7.22. The Morgan fingerprint density at radius 1 is 1.04 bits per heavy atom. The Balaban J connectivity index is 1.91. The van der Waals surface area contributed by atoms with Crippen LogP contribution in [0, 0.1) is 23.5 Å². The van der Waals surface area contributed by atoms with Crippen LogP contribution >= 0.6 is 0 Å². The highest BCUT2D eigenvalue weighted by atomic mass is 19.2. The van der Waals surface area contributed by atoms with E-state index in [9.17, 15) is 8.78 Å². The van der Waals surface area contributed by atoms with Gasteiger partial charge in [0.1, 0.15) is 0 Å². The molecule has 2 atom stereocenters. The minimum Gasteiger partial charge on any atom is -0.490 e. The monoisotopic (exact) mass is 324 g/mol. The van der Waals surface area contributed by atoms with Crippen molar-refractivity contribution < 1.29 is 13.5 Å². The second-order valence-electron chi connectivity index (χ2n) is 7.22. The minimum atomic E-state index is -0.790. The second kappa shape index (κ2) is 8.65. The first-order valence-electron chi connectivity index (χ1n) is 9.15. The van der Waals surface area contributed by atoms with Crippen molar-refractivity contribution in [2.45, 2.75) is 72.1 Å². The highest BCUT2D eigenvalue weighted by molar-refractivity contribution is 5.41. The molecule has 0 saturated heterocycles. The molecule has 0 spiro atoms. The van der Waals surface area contributed by atoms with E-state index in [2.05, 4.69) is 20.8 Å². The van der Waals surface area contributed by atoms with Crippen LogP contribution in [0.2, 0.25) is 0 Å². The van der Waals surface area contributed by atoms with Crippen LogP contribution in [0.4, 0.5) is 8.78 Å². The molecular weight excluding hydrogens is 294 g/mol. The zero-order valence-electron chi connectivity index (χ0n) is 14.8. The summed E-state index contributed by atoms with van der Waals surface area (Å²) in [4.78, 5) is 0. The first-order chi connectivity index (χ1) is 11.0. The van der Waals surface area contributed by atoms with E-state index >= 15 is 0 Å². The Bertz CT molecular complexity index is 513. The third-order valence-corrected chi connectivity index (χ3v) is 4.99. The number of aryl methyl sites for hydroxylation is 2. The number of hydrogen-bond donors (Lipinski definition) is 0. The van der Waals surface area contributed by atoms with Gasteiger partial charge in [-0.2, -0.15) is 4.39 Å². The molecule has 0 saturated carbocycles. The van der Waals surface area contributed by atoms with Crippen LogP contribution < -0.4 is 4.74 Å². The maximum absolute atomic E-state index is 14.2. The number of rotatable bonds is 8. The molecule has 0 radical (unpaired) electrons. The standard InChI is InChI=1S/C20H30F2O/c1-4-6-14(2)8-9-15(3)10-11-16-13-17-7-5-12-23-20(17)19(22)18(16)21/h13-15H,4-12H2,1-3H3. The molecule has 0 amide bonds. The number of hydrogen-bond acceptors (Lipinski definition) is 1. The lowest BCUT2D eigenvalue weighted by Gasteiger charge is -2.20. The average molecular weight is 324 g/mol. The van der Waals surface area contributed by atoms with Gasteiger partial charge in [-0.05, 0) is 54.7 Å². The Labute approximate surface area is 139 Å². The molecule has 0 N–H and O–H groups in total. The molecule has 130 valence electrons. The Kier molecular flexibility index (Phi) is 6.86. The SMILES string of the molecule is CCCC(C)CCC(C)CCc1cc2c(c(F)c1F)OCCC2. The summed E-state index contributed by atoms with van der Waals surface area (Å²) in [6.07, 6.45) is 8.08. The first-order valence-corrected chi connectivity index (χ1v) is 9.15. The summed E-state index contributed by atoms with van der Waals surface area (Å²) in [6, 6.07) is 1.82. The zero-order valence-corrected chi connectivity index (χ0v) is 14.8. The summed E-state index contributed by atoms with van der Waals surface area (Å²) in [5.41, 5.74) is 1.34. The lowest BCUT2D eigenvalue weighted by molar-refractivity contribution is 0.267. The molecule has 0 aliphatic carbocycles. The lowest BCUT2D eigenvalue weighted by atomic mass is 9.90. The van der Waals surface area contributed by atoms with Crippen molar-refractivity contribution in [2.75, 3.05) is 6.61 Å². The van der Waals surface area contributed by atoms with Crippen molar-refractivity contribution in [3.05, 3.63) is 28.8 Å². The molecule has 1 aliphatic heterocycles. The van der Waals surface area contributed by atoms with Gasteiger partial charge in [0, 0.05) is 0 Å². The zero-order chi connectivity index (χ0) is 16.8. The maximum atomic E-state index is 14.2. The minimum absolute atomic E-state index is 0.138. The normalized spacial score (nSPS) is 16.6. The average Bonchev–Trinajstić information content (AvgIpc) is 2.55. The van der Waals surface area contributed by atoms with Gasteiger partial charge in [0.05, 0.1) is 6.61 Å². The molecule has 2 unspecified atom stereocenters. The fourth-order valence-electron chi connectivity index (χ4n) is 3.43. The van der Waals surface area contributed by atoms with Gasteiger partial charge < -0.3 is 4.74 Å². The van der Waals surface area contributed by atoms with Crippen molar-refractivity contribution in [2.24, 2.45) is 11.8 Å². The summed E-state index contributed by atoms with van der Waals surface area (Å²) in [5, 5.41) is 0. The van der Waals surface area contributed by atoms with Gasteiger partial charge in [-0.25, -0.2) is 4.39 Å². The van der Waals surface area contributed by atoms with Gasteiger partial charge in [-0.15, -0.1) is 0 Å². The molecular formula is C20H30F2O. The van der Waals surface area contributed by atoms with Gasteiger partial charge in [-0.1, -0.05) is 46.5 Å². The van der Waals surface area contributed by atoms with Crippen molar-refractivity contribution in [1.82, 2.24) is 0 Å². The van der Waals surface area contributed by atoms with Crippen molar-refractivity contribution in [3.63, 3.8) is 0 Å². The molecule has 0 bridgehead atoms. The summed E-state index contributed by atoms with van der Waals surface area (Å²) >= 11 is 0. The van der Waals surface area contributed by atoms with Gasteiger partial charge in [0.25, 0.3) is 0 Å². The van der Waals surface area contributed by atoms with Crippen LogP contribution in [-0.4, -0.2) is 6.61 Å². The van der Waals surface area contributed by atoms with E-state index in [1.807, 2.05) is 6.07 Å². The molecule has 1 nitrogen and oxygen atoms in total. The Morgan fingerprint density at radius 2 is 1.74 bits per heavy atom. The molecule has 3 heteroatoms. The number of halogens is 2. The van der Waals surface area contributed by atoms with E-state index in [1.54, 1.807) is 0 Å². The molecule has 1 aromatic rings. The van der Waals surface area contributed by atoms with Gasteiger partial charge >= 0.3 is 0 Å².